The van der Waals surface area contributed by atoms with Gasteiger partial charge in [-0.1, -0.05) is 0 Å². The summed E-state index contributed by atoms with van der Waals surface area (Å²) >= 11 is 0. The Kier molecular flexibility index (Phi) is 3.45. The Balaban J connectivity index is 1.51. The summed E-state index contributed by atoms with van der Waals surface area (Å²) in [5.41, 5.74) is 0. The number of nitrogens with zero attached hydrogens (tertiary/aromatic N) is 2. The molecule has 19 heavy (non-hydrogen) atoms. The minimum absolute atomic E-state index is 0.0446. The molecule has 0 aromatic rings. The van der Waals surface area contributed by atoms with Gasteiger partial charge in [0, 0.05) is 32.2 Å². The van der Waals surface area contributed by atoms with E-state index >= 15 is 0 Å². The maximum Gasteiger partial charge on any atom is 0.307 e. The maximum atomic E-state index is 12.2. The Bertz CT molecular complexity index is 381. The van der Waals surface area contributed by atoms with Gasteiger partial charge in [-0.3, -0.25) is 14.5 Å². The van der Waals surface area contributed by atoms with Gasteiger partial charge in [0.2, 0.25) is 5.91 Å². The number of likely N-dealkylation sites (tertiary alicyclic amines) is 1. The van der Waals surface area contributed by atoms with Crippen LogP contribution in [0.1, 0.15) is 12.8 Å². The molecule has 1 aliphatic carbocycles. The Morgan fingerprint density at radius 3 is 2.47 bits per heavy atom. The van der Waals surface area contributed by atoms with Crippen molar-refractivity contribution in [2.75, 3.05) is 39.4 Å². The second kappa shape index (κ2) is 5.09. The average Bonchev–Trinajstić information content (AvgIpc) is 3.08. The highest BCUT2D eigenvalue weighted by molar-refractivity contribution is 5.89. The first-order chi connectivity index (χ1) is 9.16. The molecule has 0 aromatic heterocycles. The van der Waals surface area contributed by atoms with Gasteiger partial charge in [0.1, 0.15) is 0 Å². The third kappa shape index (κ3) is 2.60. The molecule has 2 aliphatic heterocycles. The van der Waals surface area contributed by atoms with E-state index in [1.807, 2.05) is 4.90 Å². The van der Waals surface area contributed by atoms with Crippen LogP contribution in [0.4, 0.5) is 0 Å². The molecule has 1 unspecified atom stereocenters. The minimum Gasteiger partial charge on any atom is -0.481 e. The predicted octanol–water partition coefficient (Wildman–Crippen LogP) is -0.360. The van der Waals surface area contributed by atoms with Gasteiger partial charge in [0.25, 0.3) is 0 Å². The summed E-state index contributed by atoms with van der Waals surface area (Å²) in [5.74, 6) is -1.48. The van der Waals surface area contributed by atoms with E-state index in [0.29, 0.717) is 12.5 Å². The van der Waals surface area contributed by atoms with Gasteiger partial charge in [-0.15, -0.1) is 0 Å². The second-order valence-electron chi connectivity index (χ2n) is 5.66. The van der Waals surface area contributed by atoms with Crippen molar-refractivity contribution in [1.82, 2.24) is 9.80 Å². The molecule has 106 valence electrons. The molecule has 0 bridgehead atoms. The van der Waals surface area contributed by atoms with Crippen molar-refractivity contribution in [3.63, 3.8) is 0 Å². The van der Waals surface area contributed by atoms with Crippen LogP contribution in [0.3, 0.4) is 0 Å². The molecular formula is C13H20N2O4. The standard InChI is InChI=1S/C13H20N2O4/c16-12(10-7-11(10)13(17)18)15-2-1-9(8-15)14-3-5-19-6-4-14/h9-11H,1-8H2,(H,17,18)/t9?,10-,11+/m1/s1. The molecule has 1 amide bonds. The van der Waals surface area contributed by atoms with Crippen LogP contribution < -0.4 is 0 Å². The Morgan fingerprint density at radius 1 is 1.11 bits per heavy atom. The lowest BCUT2D eigenvalue weighted by molar-refractivity contribution is -0.141. The van der Waals surface area contributed by atoms with E-state index < -0.39 is 11.9 Å². The SMILES string of the molecule is O=C(O)[C@H]1C[C@H]1C(=O)N1CCC(N2CCOCC2)C1. The predicted molar refractivity (Wildman–Crippen MR) is 66.6 cm³/mol. The third-order valence-electron chi connectivity index (χ3n) is 4.46. The molecule has 3 fully saturated rings. The summed E-state index contributed by atoms with van der Waals surface area (Å²) in [6.07, 6.45) is 1.52. The number of amides is 1. The topological polar surface area (TPSA) is 70.1 Å². The number of rotatable bonds is 3. The maximum absolute atomic E-state index is 12.2. The van der Waals surface area contributed by atoms with Crippen LogP contribution in [-0.4, -0.2) is 72.2 Å². The number of aliphatic carboxylic acids is 1. The van der Waals surface area contributed by atoms with Crippen molar-refractivity contribution in [3.05, 3.63) is 0 Å². The van der Waals surface area contributed by atoms with Crippen molar-refractivity contribution >= 4 is 11.9 Å². The smallest absolute Gasteiger partial charge is 0.307 e. The van der Waals surface area contributed by atoms with Crippen LogP contribution >= 0.6 is 0 Å². The Labute approximate surface area is 112 Å². The van der Waals surface area contributed by atoms with Crippen LogP contribution in [-0.2, 0) is 14.3 Å². The van der Waals surface area contributed by atoms with Gasteiger partial charge >= 0.3 is 5.97 Å². The first kappa shape index (κ1) is 12.9. The number of ether oxygens (including phenoxy) is 1. The summed E-state index contributed by atoms with van der Waals surface area (Å²) in [6, 6.07) is 0.426. The number of carbonyl (C=O) groups excluding carboxylic acids is 1. The summed E-state index contributed by atoms with van der Waals surface area (Å²) in [6.45, 7) is 4.94. The molecule has 3 atom stereocenters. The minimum atomic E-state index is -0.831. The number of morpholine rings is 1. The lowest BCUT2D eigenvalue weighted by Gasteiger charge is -2.32. The Morgan fingerprint density at radius 2 is 1.84 bits per heavy atom. The zero-order chi connectivity index (χ0) is 13.4. The molecule has 6 nitrogen and oxygen atoms in total. The van der Waals surface area contributed by atoms with Gasteiger partial charge in [-0.05, 0) is 12.8 Å². The van der Waals surface area contributed by atoms with Crippen molar-refractivity contribution in [3.8, 4) is 0 Å². The van der Waals surface area contributed by atoms with Crippen molar-refractivity contribution in [1.29, 1.82) is 0 Å². The largest absolute Gasteiger partial charge is 0.481 e. The van der Waals surface area contributed by atoms with E-state index in [1.165, 1.54) is 0 Å². The molecule has 0 radical (unpaired) electrons. The van der Waals surface area contributed by atoms with Crippen molar-refractivity contribution in [2.24, 2.45) is 11.8 Å². The lowest BCUT2D eigenvalue weighted by atomic mass is 10.2. The molecule has 1 N–H and O–H groups in total. The van der Waals surface area contributed by atoms with Crippen LogP contribution in [0.5, 0.6) is 0 Å². The highest BCUT2D eigenvalue weighted by atomic mass is 16.5. The monoisotopic (exact) mass is 268 g/mol. The second-order valence-corrected chi connectivity index (χ2v) is 5.66. The van der Waals surface area contributed by atoms with Crippen molar-refractivity contribution < 1.29 is 19.4 Å². The van der Waals surface area contributed by atoms with Crippen LogP contribution in [0, 0.1) is 11.8 Å². The number of hydrogen-bond donors (Lipinski definition) is 1. The molecular weight excluding hydrogens is 248 g/mol. The molecule has 3 rings (SSSR count). The summed E-state index contributed by atoms with van der Waals surface area (Å²) in [5, 5.41) is 8.88. The fourth-order valence-corrected chi connectivity index (χ4v) is 3.16. The molecule has 2 heterocycles. The van der Waals surface area contributed by atoms with E-state index in [0.717, 1.165) is 45.8 Å². The van der Waals surface area contributed by atoms with E-state index in [2.05, 4.69) is 4.90 Å². The number of carboxylic acid groups (broad SMARTS) is 1. The zero-order valence-electron chi connectivity index (χ0n) is 11.0. The van der Waals surface area contributed by atoms with E-state index in [9.17, 15) is 9.59 Å². The summed E-state index contributed by atoms with van der Waals surface area (Å²) in [4.78, 5) is 27.2. The van der Waals surface area contributed by atoms with E-state index in [-0.39, 0.29) is 11.8 Å². The molecule has 0 aromatic carbocycles. The zero-order valence-corrected chi connectivity index (χ0v) is 11.0. The normalized spacial score (nSPS) is 35.4. The third-order valence-corrected chi connectivity index (χ3v) is 4.46. The molecule has 2 saturated heterocycles. The number of carboxylic acids is 1. The van der Waals surface area contributed by atoms with E-state index in [1.54, 1.807) is 0 Å². The fraction of sp³-hybridized carbons (Fsp3) is 0.846. The molecule has 1 saturated carbocycles. The first-order valence-corrected chi connectivity index (χ1v) is 7.00. The van der Waals surface area contributed by atoms with Crippen molar-refractivity contribution in [2.45, 2.75) is 18.9 Å². The number of hydrogen-bond acceptors (Lipinski definition) is 4. The van der Waals surface area contributed by atoms with Gasteiger partial charge < -0.3 is 14.7 Å². The molecule has 0 spiro atoms. The van der Waals surface area contributed by atoms with Gasteiger partial charge in [-0.2, -0.15) is 0 Å². The van der Waals surface area contributed by atoms with Crippen LogP contribution in [0.2, 0.25) is 0 Å². The lowest BCUT2D eigenvalue weighted by Crippen LogP contribution is -2.45. The molecule has 6 heteroatoms. The fourth-order valence-electron chi connectivity index (χ4n) is 3.16. The van der Waals surface area contributed by atoms with Gasteiger partial charge in [-0.25, -0.2) is 0 Å². The van der Waals surface area contributed by atoms with Gasteiger partial charge in [0.15, 0.2) is 0 Å². The summed E-state index contributed by atoms with van der Waals surface area (Å²) in [7, 11) is 0. The molecule has 3 aliphatic rings. The van der Waals surface area contributed by atoms with Crippen LogP contribution in [0.15, 0.2) is 0 Å². The first-order valence-electron chi connectivity index (χ1n) is 7.00. The average molecular weight is 268 g/mol. The highest BCUT2D eigenvalue weighted by Gasteiger charge is 2.50. The number of carbonyl (C=O) groups is 2. The quantitative estimate of drug-likeness (QED) is 0.757. The van der Waals surface area contributed by atoms with Gasteiger partial charge in [0.05, 0.1) is 25.0 Å². The van der Waals surface area contributed by atoms with Crippen LogP contribution in [0.25, 0.3) is 0 Å². The Hall–Kier alpha value is -1.14. The highest BCUT2D eigenvalue weighted by Crippen LogP contribution is 2.40. The summed E-state index contributed by atoms with van der Waals surface area (Å²) < 4.78 is 5.33. The van der Waals surface area contributed by atoms with E-state index in [4.69, 9.17) is 9.84 Å².